The zero-order valence-electron chi connectivity index (χ0n) is 17.2. The van der Waals surface area contributed by atoms with Crippen LogP contribution in [0.5, 0.6) is 5.75 Å². The van der Waals surface area contributed by atoms with E-state index in [-0.39, 0.29) is 5.56 Å². The molecule has 3 heterocycles. The van der Waals surface area contributed by atoms with Gasteiger partial charge in [0.1, 0.15) is 11.8 Å². The first-order chi connectivity index (χ1) is 15.3. The fourth-order valence-corrected chi connectivity index (χ4v) is 5.67. The van der Waals surface area contributed by atoms with Crippen molar-refractivity contribution in [3.05, 3.63) is 81.6 Å². The Balaban J connectivity index is 1.96. The fraction of sp³-hybridized carbons (Fsp3) is 0.182. The lowest BCUT2D eigenvalue weighted by Gasteiger charge is -2.22. The van der Waals surface area contributed by atoms with Crippen LogP contribution in [0.4, 0.5) is 0 Å². The van der Waals surface area contributed by atoms with Crippen molar-refractivity contribution in [2.75, 3.05) is 7.11 Å². The van der Waals surface area contributed by atoms with Gasteiger partial charge in [0.2, 0.25) is 0 Å². The molecule has 0 spiro atoms. The summed E-state index contributed by atoms with van der Waals surface area (Å²) in [5.41, 5.74) is 1.11. The molecule has 10 heteroatoms. The number of thiazole rings is 1. The minimum absolute atomic E-state index is 0.296. The van der Waals surface area contributed by atoms with Gasteiger partial charge in [0.15, 0.2) is 4.80 Å². The van der Waals surface area contributed by atoms with Crippen LogP contribution in [0.15, 0.2) is 61.2 Å². The standard InChI is InChI=1S/C22H17BrN2O5S2/c1-11-18(21(28)29-3)19(16-5-4-8-31-16)25-20(27)17(32-22(25)24-11)10-13-9-14(23)6-7-15(13)30-12(2)26/h4-10,19H,1-3H3/b17-10-/t19-/m0/s1. The van der Waals surface area contributed by atoms with Crippen LogP contribution in [0, 0.1) is 0 Å². The van der Waals surface area contributed by atoms with Crippen LogP contribution in [0.3, 0.4) is 0 Å². The normalized spacial score (nSPS) is 15.9. The molecule has 0 unspecified atom stereocenters. The maximum atomic E-state index is 13.5. The van der Waals surface area contributed by atoms with Crippen LogP contribution < -0.4 is 19.6 Å². The highest BCUT2D eigenvalue weighted by molar-refractivity contribution is 9.10. The molecular formula is C22H17BrN2O5S2. The van der Waals surface area contributed by atoms with Crippen molar-refractivity contribution in [3.63, 3.8) is 0 Å². The summed E-state index contributed by atoms with van der Waals surface area (Å²) in [6.45, 7) is 3.05. The zero-order valence-corrected chi connectivity index (χ0v) is 20.5. The molecule has 32 heavy (non-hydrogen) atoms. The Morgan fingerprint density at radius 2 is 2.06 bits per heavy atom. The number of thiophene rings is 1. The van der Waals surface area contributed by atoms with Gasteiger partial charge in [0.25, 0.3) is 5.56 Å². The molecule has 2 aromatic heterocycles. The lowest BCUT2D eigenvalue weighted by Crippen LogP contribution is -2.39. The number of carbonyl (C=O) groups is 2. The van der Waals surface area contributed by atoms with Gasteiger partial charge in [0.05, 0.1) is 22.9 Å². The van der Waals surface area contributed by atoms with Gasteiger partial charge in [-0.3, -0.25) is 14.2 Å². The number of hydrogen-bond acceptors (Lipinski definition) is 8. The van der Waals surface area contributed by atoms with Crippen molar-refractivity contribution >= 4 is 56.6 Å². The topological polar surface area (TPSA) is 87.0 Å². The molecule has 0 fully saturated rings. The van der Waals surface area contributed by atoms with Crippen molar-refractivity contribution in [1.82, 2.24) is 4.57 Å². The van der Waals surface area contributed by atoms with Gasteiger partial charge >= 0.3 is 11.9 Å². The Hall–Kier alpha value is -2.82. The summed E-state index contributed by atoms with van der Waals surface area (Å²) in [6.07, 6.45) is 1.66. The monoisotopic (exact) mass is 532 g/mol. The summed E-state index contributed by atoms with van der Waals surface area (Å²) in [5, 5.41) is 1.89. The Kier molecular flexibility index (Phi) is 6.27. The first-order valence-corrected chi connectivity index (χ1v) is 11.9. The number of hydrogen-bond donors (Lipinski definition) is 0. The quantitative estimate of drug-likeness (QED) is 0.380. The summed E-state index contributed by atoms with van der Waals surface area (Å²) in [7, 11) is 1.31. The van der Waals surface area contributed by atoms with Crippen LogP contribution in [0.1, 0.15) is 30.3 Å². The number of aromatic nitrogens is 1. The fourth-order valence-electron chi connectivity index (χ4n) is 3.43. The summed E-state index contributed by atoms with van der Waals surface area (Å²) in [5.74, 6) is -0.643. The number of esters is 2. The van der Waals surface area contributed by atoms with Gasteiger partial charge < -0.3 is 9.47 Å². The van der Waals surface area contributed by atoms with E-state index in [0.717, 1.165) is 9.35 Å². The number of rotatable bonds is 4. The average Bonchev–Trinajstić information content (AvgIpc) is 3.37. The Labute approximate surface area is 199 Å². The number of methoxy groups -OCH3 is 1. The SMILES string of the molecule is COC(=O)C1=C(C)N=c2s/c(=C\c3cc(Br)ccc3OC(C)=O)c(=O)n2[C@H]1c1cccs1. The molecule has 0 N–H and O–H groups in total. The van der Waals surface area contributed by atoms with Gasteiger partial charge in [0, 0.05) is 21.8 Å². The first-order valence-electron chi connectivity index (χ1n) is 9.42. The van der Waals surface area contributed by atoms with E-state index in [0.29, 0.717) is 31.9 Å². The predicted octanol–water partition coefficient (Wildman–Crippen LogP) is 3.16. The van der Waals surface area contributed by atoms with Gasteiger partial charge in [-0.05, 0) is 42.6 Å². The summed E-state index contributed by atoms with van der Waals surface area (Å²) in [4.78, 5) is 43.4. The zero-order chi connectivity index (χ0) is 23.0. The molecule has 0 saturated carbocycles. The van der Waals surface area contributed by atoms with Gasteiger partial charge in [-0.15, -0.1) is 11.3 Å². The molecule has 1 atom stereocenters. The molecule has 164 valence electrons. The molecule has 0 radical (unpaired) electrons. The number of allylic oxidation sites excluding steroid dienone is 1. The Morgan fingerprint density at radius 1 is 1.28 bits per heavy atom. The van der Waals surface area contributed by atoms with E-state index in [1.165, 1.54) is 41.3 Å². The third kappa shape index (κ3) is 4.13. The Bertz CT molecular complexity index is 1430. The van der Waals surface area contributed by atoms with Crippen LogP contribution in [-0.2, 0) is 14.3 Å². The molecule has 3 aromatic rings. The van der Waals surface area contributed by atoms with E-state index in [9.17, 15) is 14.4 Å². The highest BCUT2D eigenvalue weighted by Gasteiger charge is 2.33. The lowest BCUT2D eigenvalue weighted by atomic mass is 10.0. The van der Waals surface area contributed by atoms with Crippen molar-refractivity contribution in [2.45, 2.75) is 19.9 Å². The highest BCUT2D eigenvalue weighted by Crippen LogP contribution is 2.33. The number of fused-ring (bicyclic) bond motifs is 1. The highest BCUT2D eigenvalue weighted by atomic mass is 79.9. The molecular weight excluding hydrogens is 516 g/mol. The first kappa shape index (κ1) is 22.4. The molecule has 4 rings (SSSR count). The smallest absolute Gasteiger partial charge is 0.338 e. The van der Waals surface area contributed by atoms with E-state index >= 15 is 0 Å². The molecule has 0 saturated heterocycles. The van der Waals surface area contributed by atoms with Crippen LogP contribution in [0.25, 0.3) is 6.08 Å². The van der Waals surface area contributed by atoms with Gasteiger partial charge in [-0.25, -0.2) is 9.79 Å². The lowest BCUT2D eigenvalue weighted by molar-refractivity contribution is -0.136. The van der Waals surface area contributed by atoms with E-state index in [4.69, 9.17) is 9.47 Å². The third-order valence-electron chi connectivity index (χ3n) is 4.75. The number of halogens is 1. The number of benzene rings is 1. The Morgan fingerprint density at radius 3 is 2.72 bits per heavy atom. The third-order valence-corrected chi connectivity index (χ3v) is 7.15. The molecule has 0 bridgehead atoms. The predicted molar refractivity (Wildman–Crippen MR) is 126 cm³/mol. The molecule has 0 amide bonds. The maximum Gasteiger partial charge on any atom is 0.338 e. The second kappa shape index (κ2) is 8.97. The molecule has 7 nitrogen and oxygen atoms in total. The van der Waals surface area contributed by atoms with E-state index in [1.54, 1.807) is 31.2 Å². The average molecular weight is 533 g/mol. The number of carbonyl (C=O) groups excluding carboxylic acids is 2. The van der Waals surface area contributed by atoms with Gasteiger partial charge in [-0.2, -0.15) is 0 Å². The number of nitrogens with zero attached hydrogens (tertiary/aromatic N) is 2. The van der Waals surface area contributed by atoms with Crippen LogP contribution in [0.2, 0.25) is 0 Å². The van der Waals surface area contributed by atoms with Crippen LogP contribution in [-0.4, -0.2) is 23.6 Å². The van der Waals surface area contributed by atoms with Crippen molar-refractivity contribution in [2.24, 2.45) is 4.99 Å². The molecule has 0 aliphatic carbocycles. The minimum atomic E-state index is -0.628. The van der Waals surface area contributed by atoms with Gasteiger partial charge in [-0.1, -0.05) is 33.3 Å². The second-order valence-corrected chi connectivity index (χ2v) is 9.77. The van der Waals surface area contributed by atoms with E-state index in [1.807, 2.05) is 17.5 Å². The van der Waals surface area contributed by atoms with E-state index in [2.05, 4.69) is 20.9 Å². The molecule has 1 aliphatic heterocycles. The van der Waals surface area contributed by atoms with Crippen molar-refractivity contribution < 1.29 is 19.1 Å². The van der Waals surface area contributed by atoms with Crippen LogP contribution >= 0.6 is 38.6 Å². The summed E-state index contributed by atoms with van der Waals surface area (Å²) in [6, 6.07) is 8.28. The second-order valence-electron chi connectivity index (χ2n) is 6.86. The molecule has 1 aliphatic rings. The van der Waals surface area contributed by atoms with Crippen molar-refractivity contribution in [3.8, 4) is 5.75 Å². The molecule has 1 aromatic carbocycles. The largest absolute Gasteiger partial charge is 0.466 e. The van der Waals surface area contributed by atoms with Crippen molar-refractivity contribution in [1.29, 1.82) is 0 Å². The summed E-state index contributed by atoms with van der Waals surface area (Å²) < 4.78 is 13.0. The van der Waals surface area contributed by atoms with E-state index < -0.39 is 18.0 Å². The summed E-state index contributed by atoms with van der Waals surface area (Å²) >= 11 is 6.07. The number of ether oxygens (including phenoxy) is 2. The minimum Gasteiger partial charge on any atom is -0.466 e. The maximum absolute atomic E-state index is 13.5.